The van der Waals surface area contributed by atoms with Crippen LogP contribution in [0.3, 0.4) is 0 Å². The standard InChI is InChI=1S/C30H42N4O6/c1-19(2)28-21(4)11-12-26(36)31-13-7-9-20(3)15-23(35)16-22(33(5)6)17-27-32-24(18-39-27)29(37)34-14-8-10-25(34)30(38)40-28/h7,9-12,15,18-19,21-23,28,35H,8,13-14,16-17H2,1-6H3,(H,31,36)/b9-7?,12-11+,20-15?/t21-,22-,23-,28-/m1/s1. The summed E-state index contributed by atoms with van der Waals surface area (Å²) in [5, 5.41) is 13.5. The number of aromatic nitrogens is 1. The summed E-state index contributed by atoms with van der Waals surface area (Å²) in [6.07, 6.45) is 11.7. The number of hydrogen-bond acceptors (Lipinski definition) is 8. The molecule has 218 valence electrons. The molecule has 2 N–H and O–H groups in total. The fraction of sp³-hybridized carbons (Fsp3) is 0.533. The molecule has 4 atom stereocenters. The summed E-state index contributed by atoms with van der Waals surface area (Å²) in [5.41, 5.74) is 1.15. The molecule has 10 nitrogen and oxygen atoms in total. The van der Waals surface area contributed by atoms with Gasteiger partial charge in [0.2, 0.25) is 5.91 Å². The number of aliphatic hydroxyl groups excluding tert-OH is 1. The molecule has 0 aromatic carbocycles. The number of aliphatic hydroxyl groups is 1. The van der Waals surface area contributed by atoms with E-state index in [4.69, 9.17) is 9.15 Å². The van der Waals surface area contributed by atoms with Crippen molar-refractivity contribution in [1.82, 2.24) is 20.1 Å². The lowest BCUT2D eigenvalue weighted by molar-refractivity contribution is -0.149. The molecule has 0 saturated carbocycles. The lowest BCUT2D eigenvalue weighted by Crippen LogP contribution is -2.36. The maximum absolute atomic E-state index is 13.3. The maximum atomic E-state index is 13.3. The van der Waals surface area contributed by atoms with Crippen molar-refractivity contribution >= 4 is 17.8 Å². The van der Waals surface area contributed by atoms with E-state index in [0.29, 0.717) is 38.2 Å². The van der Waals surface area contributed by atoms with Gasteiger partial charge in [-0.3, -0.25) is 9.59 Å². The van der Waals surface area contributed by atoms with Crippen molar-refractivity contribution in [3.05, 3.63) is 65.6 Å². The highest BCUT2D eigenvalue weighted by Gasteiger charge is 2.33. The number of nitrogens with one attached hydrogen (secondary N) is 1. The number of esters is 1. The molecule has 0 radical (unpaired) electrons. The molecule has 2 aliphatic heterocycles. The summed E-state index contributed by atoms with van der Waals surface area (Å²) >= 11 is 0. The minimum atomic E-state index is -0.717. The predicted octanol–water partition coefficient (Wildman–Crippen LogP) is 3.02. The number of fused-ring (bicyclic) bond motifs is 3. The number of carbonyl (C=O) groups is 3. The quantitative estimate of drug-likeness (QED) is 0.535. The first-order valence-corrected chi connectivity index (χ1v) is 13.8. The molecule has 0 saturated heterocycles. The van der Waals surface area contributed by atoms with Crippen LogP contribution in [0.4, 0.5) is 0 Å². The van der Waals surface area contributed by atoms with Crippen molar-refractivity contribution in [2.45, 2.75) is 65.2 Å². The number of nitrogens with zero attached hydrogens (tertiary/aromatic N) is 3. The van der Waals surface area contributed by atoms with Crippen molar-refractivity contribution in [1.29, 1.82) is 0 Å². The van der Waals surface area contributed by atoms with Crippen LogP contribution in [0.2, 0.25) is 0 Å². The average Bonchev–Trinajstić information content (AvgIpc) is 3.57. The van der Waals surface area contributed by atoms with Gasteiger partial charge in [-0.15, -0.1) is 0 Å². The Morgan fingerprint density at radius 1 is 1.20 bits per heavy atom. The molecule has 0 unspecified atom stereocenters. The van der Waals surface area contributed by atoms with E-state index in [2.05, 4.69) is 10.3 Å². The summed E-state index contributed by atoms with van der Waals surface area (Å²) in [7, 11) is 3.82. The van der Waals surface area contributed by atoms with Gasteiger partial charge in [-0.05, 0) is 45.9 Å². The van der Waals surface area contributed by atoms with E-state index in [1.54, 1.807) is 18.2 Å². The molecule has 40 heavy (non-hydrogen) atoms. The van der Waals surface area contributed by atoms with Gasteiger partial charge in [0, 0.05) is 31.5 Å². The highest BCUT2D eigenvalue weighted by atomic mass is 16.5. The van der Waals surface area contributed by atoms with Crippen LogP contribution in [-0.2, 0) is 20.7 Å². The van der Waals surface area contributed by atoms with Gasteiger partial charge in [0.25, 0.3) is 5.91 Å². The smallest absolute Gasteiger partial charge is 0.355 e. The van der Waals surface area contributed by atoms with Gasteiger partial charge in [-0.25, -0.2) is 9.78 Å². The van der Waals surface area contributed by atoms with Crippen LogP contribution in [0.15, 0.2) is 58.4 Å². The molecule has 1 aromatic heterocycles. The van der Waals surface area contributed by atoms with Crippen molar-refractivity contribution in [2.75, 3.05) is 27.2 Å². The molecule has 0 spiro atoms. The summed E-state index contributed by atoms with van der Waals surface area (Å²) < 4.78 is 11.5. The Kier molecular flexibility index (Phi) is 11.0. The van der Waals surface area contributed by atoms with E-state index < -0.39 is 24.1 Å². The zero-order valence-electron chi connectivity index (χ0n) is 24.3. The Hall–Kier alpha value is -3.50. The number of likely N-dealkylation sites (N-methyl/N-ethyl adjacent to an activating group) is 1. The van der Waals surface area contributed by atoms with E-state index in [9.17, 15) is 19.5 Å². The molecule has 1 aromatic rings. The highest BCUT2D eigenvalue weighted by molar-refractivity contribution is 6.00. The van der Waals surface area contributed by atoms with Gasteiger partial charge in [0.05, 0.1) is 6.10 Å². The fourth-order valence-corrected chi connectivity index (χ4v) is 4.84. The third kappa shape index (κ3) is 8.50. The first kappa shape index (κ1) is 31.0. The molecular weight excluding hydrogens is 512 g/mol. The molecule has 2 aliphatic rings. The first-order valence-electron chi connectivity index (χ1n) is 13.8. The summed E-state index contributed by atoms with van der Waals surface area (Å²) in [5.74, 6) is -1.19. The highest BCUT2D eigenvalue weighted by Crippen LogP contribution is 2.25. The SMILES string of the molecule is CC1=C[C@@H](O)C[C@@H](N(C)C)Cc2nc(co2)C(=O)N2CCC=C2C(=O)O[C@H](C(C)C)[C@H](C)/C=C/C(=O)NCC=C1. The molecule has 0 aliphatic carbocycles. The third-order valence-electron chi connectivity index (χ3n) is 7.06. The molecule has 3 heterocycles. The Bertz CT molecular complexity index is 1180. The number of carbonyl (C=O) groups excluding carboxylic acids is 3. The number of cyclic esters (lactones) is 1. The maximum Gasteiger partial charge on any atom is 0.355 e. The second-order valence-electron chi connectivity index (χ2n) is 11.0. The largest absolute Gasteiger partial charge is 0.457 e. The zero-order chi connectivity index (χ0) is 29.4. The molecule has 2 bridgehead atoms. The predicted molar refractivity (Wildman–Crippen MR) is 151 cm³/mol. The minimum Gasteiger partial charge on any atom is -0.457 e. The summed E-state index contributed by atoms with van der Waals surface area (Å²) in [6.45, 7) is 8.31. The van der Waals surface area contributed by atoms with E-state index in [0.717, 1.165) is 5.57 Å². The second-order valence-corrected chi connectivity index (χ2v) is 11.0. The van der Waals surface area contributed by atoms with E-state index in [-0.39, 0.29) is 35.2 Å². The Labute approximate surface area is 236 Å². The Morgan fingerprint density at radius 2 is 1.95 bits per heavy atom. The lowest BCUT2D eigenvalue weighted by Gasteiger charge is -2.27. The van der Waals surface area contributed by atoms with Crippen LogP contribution in [-0.4, -0.2) is 83.1 Å². The van der Waals surface area contributed by atoms with Crippen LogP contribution in [0.25, 0.3) is 0 Å². The van der Waals surface area contributed by atoms with Crippen molar-refractivity contribution < 1.29 is 28.6 Å². The molecule has 10 heteroatoms. The van der Waals surface area contributed by atoms with Gasteiger partial charge in [0.1, 0.15) is 18.1 Å². The number of allylic oxidation sites excluding steroid dienone is 2. The Morgan fingerprint density at radius 3 is 2.65 bits per heavy atom. The van der Waals surface area contributed by atoms with Crippen LogP contribution < -0.4 is 5.32 Å². The van der Waals surface area contributed by atoms with E-state index >= 15 is 0 Å². The molecule has 3 rings (SSSR count). The van der Waals surface area contributed by atoms with E-state index in [1.807, 2.05) is 58.8 Å². The van der Waals surface area contributed by atoms with Crippen molar-refractivity contribution in [3.8, 4) is 0 Å². The summed E-state index contributed by atoms with van der Waals surface area (Å²) in [4.78, 5) is 46.7. The van der Waals surface area contributed by atoms with Gasteiger partial charge >= 0.3 is 5.97 Å². The lowest BCUT2D eigenvalue weighted by atomic mass is 9.94. The molecule has 0 fully saturated rings. The first-order chi connectivity index (χ1) is 19.0. The van der Waals surface area contributed by atoms with Gasteiger partial charge in [0.15, 0.2) is 11.6 Å². The average molecular weight is 555 g/mol. The van der Waals surface area contributed by atoms with Crippen LogP contribution in [0.1, 0.15) is 56.9 Å². The van der Waals surface area contributed by atoms with Crippen molar-refractivity contribution in [3.63, 3.8) is 0 Å². The number of rotatable bonds is 2. The number of ether oxygens (including phenoxy) is 1. The topological polar surface area (TPSA) is 125 Å². The fourth-order valence-electron chi connectivity index (χ4n) is 4.84. The monoisotopic (exact) mass is 554 g/mol. The summed E-state index contributed by atoms with van der Waals surface area (Å²) in [6, 6.07) is -0.107. The number of hydrogen-bond donors (Lipinski definition) is 2. The van der Waals surface area contributed by atoms with Gasteiger partial charge in [-0.2, -0.15) is 0 Å². The van der Waals surface area contributed by atoms with Crippen LogP contribution in [0.5, 0.6) is 0 Å². The zero-order valence-corrected chi connectivity index (χ0v) is 24.3. The normalized spacial score (nSPS) is 26.7. The molecular formula is C30H42N4O6. The van der Waals surface area contributed by atoms with Crippen molar-refractivity contribution in [2.24, 2.45) is 11.8 Å². The van der Waals surface area contributed by atoms with Crippen LogP contribution >= 0.6 is 0 Å². The number of amides is 2. The van der Waals surface area contributed by atoms with Gasteiger partial charge in [-0.1, -0.05) is 56.7 Å². The second kappa shape index (κ2) is 14.2. The van der Waals surface area contributed by atoms with Crippen LogP contribution in [0, 0.1) is 11.8 Å². The number of oxazole rings is 1. The Balaban J connectivity index is 1.90. The van der Waals surface area contributed by atoms with Gasteiger partial charge < -0.3 is 29.4 Å². The molecule has 2 amide bonds. The third-order valence-corrected chi connectivity index (χ3v) is 7.06. The minimum absolute atomic E-state index is 0.0249. The van der Waals surface area contributed by atoms with E-state index in [1.165, 1.54) is 17.2 Å².